The topological polar surface area (TPSA) is 125 Å². The highest BCUT2D eigenvalue weighted by Gasteiger charge is 2.58. The van der Waals surface area contributed by atoms with Gasteiger partial charge in [0.25, 0.3) is 0 Å². The van der Waals surface area contributed by atoms with Gasteiger partial charge < -0.3 is 48.5 Å². The Morgan fingerprint density at radius 2 is 1.67 bits per heavy atom. The summed E-state index contributed by atoms with van der Waals surface area (Å²) in [6.07, 6.45) is 9.52. The van der Waals surface area contributed by atoms with Gasteiger partial charge in [-0.3, -0.25) is 0 Å². The zero-order valence-electron chi connectivity index (χ0n) is 30.7. The summed E-state index contributed by atoms with van der Waals surface area (Å²) in [5.74, 6) is 2.34. The van der Waals surface area contributed by atoms with Gasteiger partial charge in [-0.25, -0.2) is 0 Å². The predicted octanol–water partition coefficient (Wildman–Crippen LogP) is 5.53. The molecule has 0 radical (unpaired) electrons. The Morgan fingerprint density at radius 1 is 0.917 bits per heavy atom. The average molecular weight is 705 g/mol. The summed E-state index contributed by atoms with van der Waals surface area (Å²) in [6, 6.07) is 0. The predicted molar refractivity (Wildman–Crippen MR) is 187 cm³/mol. The standard InChI is InChI=1S/C20H32O7.C15H30O3S.C2H6/c1-9-3-10(4-15(23-2)19(9)21)17-11-5-13-14(26-8-25-13)6-12(11)27-16-7-24-20(22)18(16)17;1-4-6-8-13(11-12(16)5-2)18-15(17-3)14-9-7-10-19-14;1-2/h9-22H,3-8H2,1-2H3;12-16H,4-11H2,1-3H3;1-2H3. The van der Waals surface area contributed by atoms with E-state index in [1.807, 2.05) is 32.5 Å². The number of unbranched alkanes of at least 4 members (excludes halogenated alkanes) is 1. The van der Waals surface area contributed by atoms with E-state index < -0.39 is 12.4 Å². The summed E-state index contributed by atoms with van der Waals surface area (Å²) in [7, 11) is 3.41. The van der Waals surface area contributed by atoms with Crippen molar-refractivity contribution in [2.24, 2.45) is 29.6 Å². The molecule has 282 valence electrons. The number of thioether (sulfide) groups is 1. The maximum atomic E-state index is 10.6. The first-order valence-corrected chi connectivity index (χ1v) is 20.2. The van der Waals surface area contributed by atoms with E-state index in [2.05, 4.69) is 13.8 Å². The second-order valence-electron chi connectivity index (χ2n) is 14.6. The van der Waals surface area contributed by atoms with E-state index in [1.165, 1.54) is 18.6 Å². The Hall–Kier alpha value is -0.0500. The fraction of sp³-hybridized carbons (Fsp3) is 1.00. The largest absolute Gasteiger partial charge is 0.393 e. The molecular weight excluding hydrogens is 636 g/mol. The molecule has 4 heterocycles. The van der Waals surface area contributed by atoms with Crippen molar-refractivity contribution in [1.82, 2.24) is 0 Å². The van der Waals surface area contributed by atoms with E-state index in [9.17, 15) is 15.3 Å². The molecule has 0 spiro atoms. The van der Waals surface area contributed by atoms with Crippen LogP contribution < -0.4 is 0 Å². The summed E-state index contributed by atoms with van der Waals surface area (Å²) in [4.78, 5) is 0. The third-order valence-corrected chi connectivity index (χ3v) is 13.0. The van der Waals surface area contributed by atoms with Crippen molar-refractivity contribution < 1.29 is 48.5 Å². The monoisotopic (exact) mass is 704 g/mol. The fourth-order valence-electron chi connectivity index (χ4n) is 9.11. The number of hydrogen-bond acceptors (Lipinski definition) is 11. The fourth-order valence-corrected chi connectivity index (χ4v) is 10.4. The second kappa shape index (κ2) is 20.3. The van der Waals surface area contributed by atoms with Crippen LogP contribution >= 0.6 is 11.8 Å². The van der Waals surface area contributed by atoms with Crippen LogP contribution in [0.1, 0.15) is 105 Å². The SMILES string of the molecule is CC.CCCCC(CC(O)CC)OC(OC)C1CCCS1.COC1CC(C2C3CC4OCOC4CC3OC3COC(O)C32)CC(C)C1O. The molecular formula is C37H68O10S. The third kappa shape index (κ3) is 10.1. The first kappa shape index (κ1) is 40.7. The zero-order valence-corrected chi connectivity index (χ0v) is 31.6. The van der Waals surface area contributed by atoms with Crippen LogP contribution in [0.4, 0.5) is 0 Å². The molecule has 4 aliphatic heterocycles. The molecule has 16 atom stereocenters. The molecule has 2 aliphatic carbocycles. The molecule has 16 unspecified atom stereocenters. The maximum absolute atomic E-state index is 10.6. The van der Waals surface area contributed by atoms with Gasteiger partial charge in [-0.15, -0.1) is 0 Å². The van der Waals surface area contributed by atoms with Gasteiger partial charge in [0, 0.05) is 26.6 Å². The summed E-state index contributed by atoms with van der Waals surface area (Å²) in [6.45, 7) is 11.1. The molecule has 10 nitrogen and oxygen atoms in total. The van der Waals surface area contributed by atoms with Crippen LogP contribution in [0.25, 0.3) is 0 Å². The van der Waals surface area contributed by atoms with E-state index >= 15 is 0 Å². The molecule has 3 N–H and O–H groups in total. The van der Waals surface area contributed by atoms with Crippen molar-refractivity contribution >= 4 is 11.8 Å². The number of fused-ring (bicyclic) bond motifs is 3. The van der Waals surface area contributed by atoms with Crippen molar-refractivity contribution in [2.45, 2.75) is 172 Å². The minimum Gasteiger partial charge on any atom is -0.393 e. The molecule has 4 saturated heterocycles. The molecule has 6 aliphatic rings. The summed E-state index contributed by atoms with van der Waals surface area (Å²) >= 11 is 1.95. The van der Waals surface area contributed by atoms with Crippen molar-refractivity contribution in [3.63, 3.8) is 0 Å². The zero-order chi connectivity index (χ0) is 34.8. The van der Waals surface area contributed by atoms with E-state index in [-0.39, 0.29) is 66.8 Å². The van der Waals surface area contributed by atoms with Crippen LogP contribution in [0.15, 0.2) is 0 Å². The molecule has 0 amide bonds. The Kier molecular flexibility index (Phi) is 17.2. The molecule has 0 aromatic carbocycles. The van der Waals surface area contributed by atoms with Gasteiger partial charge in [0.2, 0.25) is 0 Å². The molecule has 0 aromatic heterocycles. The molecule has 6 rings (SSSR count). The Morgan fingerprint density at radius 3 is 2.31 bits per heavy atom. The van der Waals surface area contributed by atoms with Gasteiger partial charge in [-0.1, -0.05) is 47.5 Å². The Bertz CT molecular complexity index is 894. The van der Waals surface area contributed by atoms with E-state index in [0.717, 1.165) is 57.8 Å². The van der Waals surface area contributed by atoms with Crippen molar-refractivity contribution in [3.8, 4) is 0 Å². The normalized spacial score (nSPS) is 42.2. The van der Waals surface area contributed by atoms with Gasteiger partial charge in [-0.05, 0) is 80.8 Å². The summed E-state index contributed by atoms with van der Waals surface area (Å²) in [5, 5.41) is 31.4. The number of aliphatic hydroxyl groups is 3. The van der Waals surface area contributed by atoms with Crippen LogP contribution in [0, 0.1) is 29.6 Å². The minimum atomic E-state index is -0.775. The minimum absolute atomic E-state index is 0.0185. The van der Waals surface area contributed by atoms with Crippen LogP contribution in [-0.2, 0) is 33.2 Å². The van der Waals surface area contributed by atoms with Gasteiger partial charge in [0.15, 0.2) is 12.6 Å². The summed E-state index contributed by atoms with van der Waals surface area (Å²) in [5.41, 5.74) is 0. The van der Waals surface area contributed by atoms with Crippen molar-refractivity contribution in [2.75, 3.05) is 33.4 Å². The van der Waals surface area contributed by atoms with Gasteiger partial charge >= 0.3 is 0 Å². The average Bonchev–Trinajstić information content (AvgIpc) is 3.88. The first-order chi connectivity index (χ1) is 23.3. The molecule has 48 heavy (non-hydrogen) atoms. The van der Waals surface area contributed by atoms with Gasteiger partial charge in [0.05, 0.1) is 60.7 Å². The number of methoxy groups -OCH3 is 2. The highest BCUT2D eigenvalue weighted by Crippen LogP contribution is 2.54. The first-order valence-electron chi connectivity index (χ1n) is 19.1. The highest BCUT2D eigenvalue weighted by atomic mass is 32.2. The van der Waals surface area contributed by atoms with Crippen molar-refractivity contribution in [1.29, 1.82) is 0 Å². The number of rotatable bonds is 12. The molecule has 0 bridgehead atoms. The van der Waals surface area contributed by atoms with Crippen molar-refractivity contribution in [3.05, 3.63) is 0 Å². The molecule has 11 heteroatoms. The quantitative estimate of drug-likeness (QED) is 0.222. The lowest BCUT2D eigenvalue weighted by atomic mass is 9.59. The van der Waals surface area contributed by atoms with Crippen LogP contribution in [0.2, 0.25) is 0 Å². The Balaban J connectivity index is 0.000000220. The molecule has 6 fully saturated rings. The molecule has 0 aromatic rings. The smallest absolute Gasteiger partial charge is 0.169 e. The lowest BCUT2D eigenvalue weighted by molar-refractivity contribution is -0.204. The highest BCUT2D eigenvalue weighted by molar-refractivity contribution is 8.00. The third-order valence-electron chi connectivity index (χ3n) is 11.6. The maximum Gasteiger partial charge on any atom is 0.169 e. The number of ether oxygens (including phenoxy) is 7. The number of hydrogen-bond donors (Lipinski definition) is 3. The second-order valence-corrected chi connectivity index (χ2v) is 15.9. The lowest BCUT2D eigenvalue weighted by Gasteiger charge is -2.53. The Labute approximate surface area is 294 Å². The van der Waals surface area contributed by atoms with Crippen LogP contribution in [0.5, 0.6) is 0 Å². The van der Waals surface area contributed by atoms with E-state index in [0.29, 0.717) is 30.5 Å². The van der Waals surface area contributed by atoms with E-state index in [4.69, 9.17) is 33.2 Å². The van der Waals surface area contributed by atoms with Crippen LogP contribution in [-0.4, -0.2) is 115 Å². The summed E-state index contributed by atoms with van der Waals surface area (Å²) < 4.78 is 40.9. The van der Waals surface area contributed by atoms with Crippen LogP contribution in [0.3, 0.4) is 0 Å². The van der Waals surface area contributed by atoms with Gasteiger partial charge in [0.1, 0.15) is 6.79 Å². The van der Waals surface area contributed by atoms with E-state index in [1.54, 1.807) is 14.2 Å². The lowest BCUT2D eigenvalue weighted by Crippen LogP contribution is -2.57. The number of aliphatic hydroxyl groups excluding tert-OH is 3. The van der Waals surface area contributed by atoms with Gasteiger partial charge in [-0.2, -0.15) is 11.8 Å². The molecule has 2 saturated carbocycles.